The van der Waals surface area contributed by atoms with E-state index >= 15 is 0 Å². The van der Waals surface area contributed by atoms with Crippen molar-refractivity contribution in [1.82, 2.24) is 5.32 Å². The Labute approximate surface area is 102 Å². The summed E-state index contributed by atoms with van der Waals surface area (Å²) in [5, 5.41) is 11.2. The Bertz CT molecular complexity index is 302. The van der Waals surface area contributed by atoms with Gasteiger partial charge in [0.15, 0.2) is 0 Å². The molecule has 0 aliphatic carbocycles. The predicted molar refractivity (Wildman–Crippen MR) is 64.8 cm³/mol. The van der Waals surface area contributed by atoms with E-state index < -0.39 is 17.7 Å². The van der Waals surface area contributed by atoms with E-state index in [0.29, 0.717) is 0 Å². The maximum atomic E-state index is 11.5. The molecule has 0 radical (unpaired) electrons. The minimum absolute atomic E-state index is 0.0816. The standard InChI is InChI=1S/C12H21NO4/c1-8(2)9(6-7-10(14)15)13-11(16)17-12(3,4)5/h6-9H,1-5H3,(H,13,16)(H,14,15)/b7-6+/t9-/m0/s1. The molecule has 5 heteroatoms. The van der Waals surface area contributed by atoms with Gasteiger partial charge in [-0.2, -0.15) is 0 Å². The van der Waals surface area contributed by atoms with Crippen LogP contribution in [0.1, 0.15) is 34.6 Å². The van der Waals surface area contributed by atoms with Crippen LogP contribution in [0.15, 0.2) is 12.2 Å². The molecule has 0 aromatic heterocycles. The summed E-state index contributed by atoms with van der Waals surface area (Å²) in [6.45, 7) is 9.07. The molecular weight excluding hydrogens is 222 g/mol. The minimum Gasteiger partial charge on any atom is -0.478 e. The minimum atomic E-state index is -1.04. The molecule has 0 aliphatic rings. The Morgan fingerprint density at radius 2 is 1.82 bits per heavy atom. The van der Waals surface area contributed by atoms with E-state index in [0.717, 1.165) is 6.08 Å². The van der Waals surface area contributed by atoms with E-state index in [4.69, 9.17) is 9.84 Å². The second-order valence-corrected chi connectivity index (χ2v) is 5.11. The lowest BCUT2D eigenvalue weighted by atomic mass is 10.0. The van der Waals surface area contributed by atoms with Crippen LogP contribution in [-0.2, 0) is 9.53 Å². The molecule has 1 amide bonds. The molecule has 0 aromatic carbocycles. The van der Waals surface area contributed by atoms with Crippen LogP contribution in [-0.4, -0.2) is 28.8 Å². The molecule has 2 N–H and O–H groups in total. The highest BCUT2D eigenvalue weighted by Crippen LogP contribution is 2.09. The van der Waals surface area contributed by atoms with E-state index in [9.17, 15) is 9.59 Å². The van der Waals surface area contributed by atoms with Gasteiger partial charge in [0.05, 0.1) is 6.04 Å². The lowest BCUT2D eigenvalue weighted by Crippen LogP contribution is -2.40. The van der Waals surface area contributed by atoms with Crippen LogP contribution >= 0.6 is 0 Å². The number of carbonyl (C=O) groups excluding carboxylic acids is 1. The van der Waals surface area contributed by atoms with Crippen molar-refractivity contribution >= 4 is 12.1 Å². The third-order valence-corrected chi connectivity index (χ3v) is 1.85. The van der Waals surface area contributed by atoms with Crippen molar-refractivity contribution in [2.75, 3.05) is 0 Å². The molecule has 98 valence electrons. The molecule has 0 unspecified atom stereocenters. The molecule has 0 heterocycles. The number of hydrogen-bond acceptors (Lipinski definition) is 3. The smallest absolute Gasteiger partial charge is 0.408 e. The number of carboxylic acids is 1. The molecule has 0 bridgehead atoms. The first-order chi connectivity index (χ1) is 7.61. The summed E-state index contributed by atoms with van der Waals surface area (Å²) in [5.41, 5.74) is -0.567. The highest BCUT2D eigenvalue weighted by Gasteiger charge is 2.19. The summed E-state index contributed by atoms with van der Waals surface area (Å²) in [7, 11) is 0. The van der Waals surface area contributed by atoms with Gasteiger partial charge in [-0.1, -0.05) is 19.9 Å². The van der Waals surface area contributed by atoms with Crippen LogP contribution in [0.5, 0.6) is 0 Å². The summed E-state index contributed by atoms with van der Waals surface area (Å²) in [6.07, 6.45) is 1.91. The van der Waals surface area contributed by atoms with Crippen molar-refractivity contribution in [2.45, 2.75) is 46.3 Å². The van der Waals surface area contributed by atoms with E-state index in [2.05, 4.69) is 5.32 Å². The molecule has 5 nitrogen and oxygen atoms in total. The average Bonchev–Trinajstić information content (AvgIpc) is 2.08. The van der Waals surface area contributed by atoms with E-state index in [1.165, 1.54) is 6.08 Å². The summed E-state index contributed by atoms with van der Waals surface area (Å²) < 4.78 is 5.09. The average molecular weight is 243 g/mol. The second kappa shape index (κ2) is 6.27. The molecule has 0 spiro atoms. The molecule has 0 rings (SSSR count). The van der Waals surface area contributed by atoms with Gasteiger partial charge >= 0.3 is 12.1 Å². The number of amides is 1. The first kappa shape index (κ1) is 15.5. The van der Waals surface area contributed by atoms with Crippen molar-refractivity contribution in [3.63, 3.8) is 0 Å². The SMILES string of the molecule is CC(C)[C@H](/C=C/C(=O)O)NC(=O)OC(C)(C)C. The third-order valence-electron chi connectivity index (χ3n) is 1.85. The zero-order chi connectivity index (χ0) is 13.6. The molecular formula is C12H21NO4. The summed E-state index contributed by atoms with van der Waals surface area (Å²) in [6, 6.07) is -0.360. The number of aliphatic carboxylic acids is 1. The fourth-order valence-corrected chi connectivity index (χ4v) is 1.07. The Balaban J connectivity index is 4.46. The molecule has 0 aromatic rings. The number of nitrogens with one attached hydrogen (secondary N) is 1. The lowest BCUT2D eigenvalue weighted by Gasteiger charge is -2.23. The molecule has 17 heavy (non-hydrogen) atoms. The number of hydrogen-bond donors (Lipinski definition) is 2. The number of carbonyl (C=O) groups is 2. The third kappa shape index (κ3) is 8.30. The van der Waals surface area contributed by atoms with E-state index in [1.54, 1.807) is 20.8 Å². The number of ether oxygens (including phenoxy) is 1. The summed E-state index contributed by atoms with van der Waals surface area (Å²) >= 11 is 0. The number of carboxylic acid groups (broad SMARTS) is 1. The fourth-order valence-electron chi connectivity index (χ4n) is 1.07. The molecule has 0 saturated heterocycles. The number of rotatable bonds is 4. The quantitative estimate of drug-likeness (QED) is 0.742. The van der Waals surface area contributed by atoms with Crippen molar-refractivity contribution in [3.8, 4) is 0 Å². The largest absolute Gasteiger partial charge is 0.478 e. The van der Waals surface area contributed by atoms with Gasteiger partial charge in [0.25, 0.3) is 0 Å². The van der Waals surface area contributed by atoms with Crippen LogP contribution in [0, 0.1) is 5.92 Å². The molecule has 0 fully saturated rings. The Kier molecular flexibility index (Phi) is 5.71. The van der Waals surface area contributed by atoms with Gasteiger partial charge < -0.3 is 15.2 Å². The van der Waals surface area contributed by atoms with Gasteiger partial charge in [-0.05, 0) is 26.7 Å². The van der Waals surface area contributed by atoms with Crippen molar-refractivity contribution in [2.24, 2.45) is 5.92 Å². The topological polar surface area (TPSA) is 75.6 Å². The summed E-state index contributed by atoms with van der Waals surface area (Å²) in [5.74, 6) is -0.959. The van der Waals surface area contributed by atoms with Crippen LogP contribution in [0.4, 0.5) is 4.79 Å². The van der Waals surface area contributed by atoms with Crippen molar-refractivity contribution in [3.05, 3.63) is 12.2 Å². The van der Waals surface area contributed by atoms with E-state index in [1.807, 2.05) is 13.8 Å². The van der Waals surface area contributed by atoms with Crippen molar-refractivity contribution in [1.29, 1.82) is 0 Å². The fraction of sp³-hybridized carbons (Fsp3) is 0.667. The number of alkyl carbamates (subject to hydrolysis) is 1. The normalized spacial score (nSPS) is 13.8. The molecule has 0 saturated carbocycles. The zero-order valence-electron chi connectivity index (χ0n) is 11.0. The zero-order valence-corrected chi connectivity index (χ0v) is 11.0. The van der Waals surface area contributed by atoms with Gasteiger partial charge in [-0.25, -0.2) is 9.59 Å². The Hall–Kier alpha value is -1.52. The Morgan fingerprint density at radius 1 is 1.29 bits per heavy atom. The van der Waals surface area contributed by atoms with Crippen LogP contribution < -0.4 is 5.32 Å². The molecule has 1 atom stereocenters. The highest BCUT2D eigenvalue weighted by atomic mass is 16.6. The lowest BCUT2D eigenvalue weighted by molar-refractivity contribution is -0.131. The van der Waals surface area contributed by atoms with Crippen LogP contribution in [0.3, 0.4) is 0 Å². The van der Waals surface area contributed by atoms with Gasteiger partial charge in [0.2, 0.25) is 0 Å². The van der Waals surface area contributed by atoms with Crippen molar-refractivity contribution < 1.29 is 19.4 Å². The first-order valence-electron chi connectivity index (χ1n) is 5.52. The van der Waals surface area contributed by atoms with Gasteiger partial charge in [-0.15, -0.1) is 0 Å². The molecule has 0 aliphatic heterocycles. The maximum Gasteiger partial charge on any atom is 0.408 e. The summed E-state index contributed by atoms with van der Waals surface area (Å²) in [4.78, 5) is 21.9. The van der Waals surface area contributed by atoms with Crippen LogP contribution in [0.2, 0.25) is 0 Å². The Morgan fingerprint density at radius 3 is 2.18 bits per heavy atom. The van der Waals surface area contributed by atoms with Gasteiger partial charge in [-0.3, -0.25) is 0 Å². The van der Waals surface area contributed by atoms with E-state index in [-0.39, 0.29) is 12.0 Å². The maximum absolute atomic E-state index is 11.5. The highest BCUT2D eigenvalue weighted by molar-refractivity contribution is 5.80. The van der Waals surface area contributed by atoms with Crippen LogP contribution in [0.25, 0.3) is 0 Å². The predicted octanol–water partition coefficient (Wildman–Crippen LogP) is 2.18. The second-order valence-electron chi connectivity index (χ2n) is 5.11. The first-order valence-corrected chi connectivity index (χ1v) is 5.52. The monoisotopic (exact) mass is 243 g/mol. The van der Waals surface area contributed by atoms with Gasteiger partial charge in [0, 0.05) is 6.08 Å². The van der Waals surface area contributed by atoms with Gasteiger partial charge in [0.1, 0.15) is 5.60 Å².